The summed E-state index contributed by atoms with van der Waals surface area (Å²) in [6, 6.07) is 13.4. The molecule has 2 aromatic rings. The lowest BCUT2D eigenvalue weighted by molar-refractivity contribution is 0.601. The first-order valence-corrected chi connectivity index (χ1v) is 7.16. The molecule has 6 heteroatoms. The average Bonchev–Trinajstić information content (AvgIpc) is 2.41. The molecule has 0 aromatic heterocycles. The van der Waals surface area contributed by atoms with E-state index in [4.69, 9.17) is 5.84 Å². The third-order valence-corrected chi connectivity index (χ3v) is 4.10. The fraction of sp³-hybridized carbons (Fsp3) is 0.0769. The predicted molar refractivity (Wildman–Crippen MR) is 76.2 cm³/mol. The van der Waals surface area contributed by atoms with Gasteiger partial charge in [0.05, 0.1) is 10.6 Å². The van der Waals surface area contributed by atoms with Crippen LogP contribution in [0, 0.1) is 6.92 Å². The van der Waals surface area contributed by atoms with Crippen LogP contribution in [-0.4, -0.2) is 8.42 Å². The number of nitrogens with two attached hydrogens (primary N) is 1. The van der Waals surface area contributed by atoms with Crippen molar-refractivity contribution in [3.05, 3.63) is 54.1 Å². The van der Waals surface area contributed by atoms with Crippen molar-refractivity contribution in [2.45, 2.75) is 11.8 Å². The van der Waals surface area contributed by atoms with Crippen LogP contribution in [-0.2, 0) is 10.0 Å². The third-order valence-electron chi connectivity index (χ3n) is 2.72. The van der Waals surface area contributed by atoms with Crippen LogP contribution in [0.15, 0.2) is 53.4 Å². The predicted octanol–water partition coefficient (Wildman–Crippen LogP) is 2.08. The molecule has 0 radical (unpaired) electrons. The second-order valence-electron chi connectivity index (χ2n) is 4.09. The normalized spacial score (nSPS) is 11.1. The molecular formula is C13H15N3O2S. The number of para-hydroxylation sites is 1. The Bertz CT molecular complexity index is 667. The standard InChI is InChI=1S/C13H15N3O2S/c1-10-4-2-3-5-13(10)16-19(17,18)12-8-6-11(15-14)7-9-12/h2-9,15-16H,14H2,1H3. The molecule has 2 rings (SSSR count). The smallest absolute Gasteiger partial charge is 0.261 e. The minimum absolute atomic E-state index is 0.190. The Morgan fingerprint density at radius 2 is 1.63 bits per heavy atom. The van der Waals surface area contributed by atoms with Crippen LogP contribution < -0.4 is 16.0 Å². The molecular weight excluding hydrogens is 262 g/mol. The molecule has 0 aliphatic heterocycles. The second kappa shape index (κ2) is 5.29. The SMILES string of the molecule is Cc1ccccc1NS(=O)(=O)c1ccc(NN)cc1. The zero-order valence-electron chi connectivity index (χ0n) is 10.4. The van der Waals surface area contributed by atoms with Crippen LogP contribution >= 0.6 is 0 Å². The molecule has 4 N–H and O–H groups in total. The topological polar surface area (TPSA) is 84.2 Å². The number of sulfonamides is 1. The van der Waals surface area contributed by atoms with Crippen molar-refractivity contribution in [1.29, 1.82) is 0 Å². The Kier molecular flexibility index (Phi) is 3.73. The van der Waals surface area contributed by atoms with E-state index >= 15 is 0 Å². The summed E-state index contributed by atoms with van der Waals surface area (Å²) in [5.74, 6) is 5.24. The molecule has 2 aromatic carbocycles. The number of nitrogen functional groups attached to an aromatic ring is 1. The van der Waals surface area contributed by atoms with Gasteiger partial charge in [-0.2, -0.15) is 0 Å². The van der Waals surface area contributed by atoms with Crippen LogP contribution in [0.1, 0.15) is 5.56 Å². The number of nitrogens with one attached hydrogen (secondary N) is 2. The largest absolute Gasteiger partial charge is 0.324 e. The van der Waals surface area contributed by atoms with Crippen LogP contribution in [0.3, 0.4) is 0 Å². The van der Waals surface area contributed by atoms with E-state index in [0.717, 1.165) is 5.56 Å². The van der Waals surface area contributed by atoms with Gasteiger partial charge in [-0.3, -0.25) is 10.6 Å². The summed E-state index contributed by atoms with van der Waals surface area (Å²) in [4.78, 5) is 0.190. The highest BCUT2D eigenvalue weighted by Gasteiger charge is 2.14. The zero-order chi connectivity index (χ0) is 13.9. The summed E-state index contributed by atoms with van der Waals surface area (Å²) < 4.78 is 26.9. The Balaban J connectivity index is 2.30. The van der Waals surface area contributed by atoms with Crippen LogP contribution in [0.4, 0.5) is 11.4 Å². The van der Waals surface area contributed by atoms with Gasteiger partial charge >= 0.3 is 0 Å². The highest BCUT2D eigenvalue weighted by molar-refractivity contribution is 7.92. The van der Waals surface area contributed by atoms with Gasteiger partial charge in [-0.15, -0.1) is 0 Å². The van der Waals surface area contributed by atoms with Gasteiger partial charge in [0.15, 0.2) is 0 Å². The van der Waals surface area contributed by atoms with E-state index in [9.17, 15) is 8.42 Å². The van der Waals surface area contributed by atoms with Crippen molar-refractivity contribution in [1.82, 2.24) is 0 Å². The maximum absolute atomic E-state index is 12.2. The summed E-state index contributed by atoms with van der Waals surface area (Å²) in [7, 11) is -3.58. The number of benzene rings is 2. The van der Waals surface area contributed by atoms with Gasteiger partial charge in [-0.1, -0.05) is 18.2 Å². The van der Waals surface area contributed by atoms with Crippen molar-refractivity contribution in [3.8, 4) is 0 Å². The third kappa shape index (κ3) is 3.04. The molecule has 0 atom stereocenters. The number of rotatable bonds is 4. The van der Waals surface area contributed by atoms with E-state index < -0.39 is 10.0 Å². The summed E-state index contributed by atoms with van der Waals surface area (Å²) in [5.41, 5.74) is 4.54. The molecule has 100 valence electrons. The fourth-order valence-corrected chi connectivity index (χ4v) is 2.75. The van der Waals surface area contributed by atoms with Gasteiger partial charge in [-0.25, -0.2) is 8.42 Å². The first kappa shape index (κ1) is 13.4. The molecule has 0 bridgehead atoms. The Morgan fingerprint density at radius 3 is 2.21 bits per heavy atom. The lowest BCUT2D eigenvalue weighted by atomic mass is 10.2. The van der Waals surface area contributed by atoms with Gasteiger partial charge < -0.3 is 5.43 Å². The molecule has 0 saturated carbocycles. The van der Waals surface area contributed by atoms with Gasteiger partial charge in [-0.05, 0) is 42.8 Å². The van der Waals surface area contributed by atoms with Crippen molar-refractivity contribution in [2.24, 2.45) is 5.84 Å². The zero-order valence-corrected chi connectivity index (χ0v) is 11.2. The molecule has 0 aliphatic rings. The Labute approximate surface area is 112 Å². The molecule has 0 spiro atoms. The number of anilines is 2. The maximum Gasteiger partial charge on any atom is 0.261 e. The molecule has 0 fully saturated rings. The lowest BCUT2D eigenvalue weighted by Gasteiger charge is -2.10. The van der Waals surface area contributed by atoms with E-state index in [1.165, 1.54) is 12.1 Å². The lowest BCUT2D eigenvalue weighted by Crippen LogP contribution is -2.14. The summed E-state index contributed by atoms with van der Waals surface area (Å²) >= 11 is 0. The summed E-state index contributed by atoms with van der Waals surface area (Å²) in [6.45, 7) is 1.85. The van der Waals surface area contributed by atoms with E-state index in [1.54, 1.807) is 24.3 Å². The minimum atomic E-state index is -3.58. The summed E-state index contributed by atoms with van der Waals surface area (Å²) in [5, 5.41) is 0. The maximum atomic E-state index is 12.2. The van der Waals surface area contributed by atoms with E-state index in [-0.39, 0.29) is 4.90 Å². The summed E-state index contributed by atoms with van der Waals surface area (Å²) in [6.07, 6.45) is 0. The van der Waals surface area contributed by atoms with Crippen molar-refractivity contribution < 1.29 is 8.42 Å². The number of hydrogen-bond donors (Lipinski definition) is 3. The van der Waals surface area contributed by atoms with Crippen molar-refractivity contribution in [3.63, 3.8) is 0 Å². The van der Waals surface area contributed by atoms with Crippen molar-refractivity contribution in [2.75, 3.05) is 10.1 Å². The first-order valence-electron chi connectivity index (χ1n) is 5.68. The first-order chi connectivity index (χ1) is 9.03. The molecule has 0 unspecified atom stereocenters. The number of hydrazine groups is 1. The molecule has 0 heterocycles. The molecule has 0 aliphatic carbocycles. The molecule has 0 amide bonds. The van der Waals surface area contributed by atoms with Crippen LogP contribution in [0.25, 0.3) is 0 Å². The highest BCUT2D eigenvalue weighted by Crippen LogP contribution is 2.20. The molecule has 0 saturated heterocycles. The molecule has 5 nitrogen and oxygen atoms in total. The second-order valence-corrected chi connectivity index (χ2v) is 5.77. The van der Waals surface area contributed by atoms with Gasteiger partial charge in [0.1, 0.15) is 0 Å². The fourth-order valence-electron chi connectivity index (χ4n) is 1.62. The van der Waals surface area contributed by atoms with Crippen molar-refractivity contribution >= 4 is 21.4 Å². The average molecular weight is 277 g/mol. The Morgan fingerprint density at radius 1 is 1.00 bits per heavy atom. The number of hydrogen-bond acceptors (Lipinski definition) is 4. The van der Waals surface area contributed by atoms with Crippen LogP contribution in [0.5, 0.6) is 0 Å². The minimum Gasteiger partial charge on any atom is -0.324 e. The van der Waals surface area contributed by atoms with Crippen LogP contribution in [0.2, 0.25) is 0 Å². The number of aryl methyl sites for hydroxylation is 1. The van der Waals surface area contributed by atoms with Gasteiger partial charge in [0.2, 0.25) is 0 Å². The van der Waals surface area contributed by atoms with Gasteiger partial charge in [0.25, 0.3) is 10.0 Å². The van der Waals surface area contributed by atoms with E-state index in [0.29, 0.717) is 11.4 Å². The Hall–Kier alpha value is -2.05. The quantitative estimate of drug-likeness (QED) is 0.590. The monoisotopic (exact) mass is 277 g/mol. The molecule has 19 heavy (non-hydrogen) atoms. The van der Waals surface area contributed by atoms with Gasteiger partial charge in [0, 0.05) is 5.69 Å². The van der Waals surface area contributed by atoms with E-state index in [1.807, 2.05) is 19.1 Å². The van der Waals surface area contributed by atoms with E-state index in [2.05, 4.69) is 10.1 Å². The highest BCUT2D eigenvalue weighted by atomic mass is 32.2.